The third kappa shape index (κ3) is 6.23. The van der Waals surface area contributed by atoms with E-state index in [1.165, 1.54) is 5.56 Å². The number of nitrogens with one attached hydrogen (secondary N) is 1. The van der Waals surface area contributed by atoms with Gasteiger partial charge in [-0.1, -0.05) is 30.3 Å². The number of amides is 1. The Morgan fingerprint density at radius 1 is 1.19 bits per heavy atom. The maximum Gasteiger partial charge on any atom is 0.220 e. The van der Waals surface area contributed by atoms with Crippen LogP contribution in [0.3, 0.4) is 0 Å². The Morgan fingerprint density at radius 3 is 2.81 bits per heavy atom. The average Bonchev–Trinajstić information content (AvgIpc) is 3.03. The number of ether oxygens (including phenoxy) is 1. The summed E-state index contributed by atoms with van der Waals surface area (Å²) in [4.78, 5) is 11.7. The zero-order chi connectivity index (χ0) is 14.8. The van der Waals surface area contributed by atoms with Gasteiger partial charge in [-0.25, -0.2) is 0 Å². The first-order chi connectivity index (χ1) is 10.3. The maximum absolute atomic E-state index is 11.7. The van der Waals surface area contributed by atoms with Crippen molar-refractivity contribution in [3.8, 4) is 0 Å². The third-order valence-electron chi connectivity index (χ3n) is 3.08. The van der Waals surface area contributed by atoms with Gasteiger partial charge in [0.15, 0.2) is 0 Å². The number of carbonyl (C=O) groups is 1. The van der Waals surface area contributed by atoms with E-state index in [1.807, 2.05) is 47.3 Å². The van der Waals surface area contributed by atoms with Crippen LogP contribution in [0.2, 0.25) is 0 Å². The smallest absolute Gasteiger partial charge is 0.220 e. The van der Waals surface area contributed by atoms with E-state index in [4.69, 9.17) is 4.74 Å². The number of nitrogens with zero attached hydrogens (tertiary/aromatic N) is 2. The second-order valence-electron chi connectivity index (χ2n) is 4.72. The molecule has 0 aliphatic carbocycles. The fourth-order valence-electron chi connectivity index (χ4n) is 1.95. The quantitative estimate of drug-likeness (QED) is 0.713. The van der Waals surface area contributed by atoms with Crippen molar-refractivity contribution in [3.05, 3.63) is 54.4 Å². The highest BCUT2D eigenvalue weighted by Gasteiger charge is 2.01. The molecule has 2 aromatic rings. The van der Waals surface area contributed by atoms with E-state index in [1.54, 1.807) is 6.20 Å². The van der Waals surface area contributed by atoms with Crippen LogP contribution in [0.25, 0.3) is 0 Å². The zero-order valence-corrected chi connectivity index (χ0v) is 12.1. The van der Waals surface area contributed by atoms with Gasteiger partial charge in [0.2, 0.25) is 5.91 Å². The molecule has 1 aromatic carbocycles. The van der Waals surface area contributed by atoms with Crippen LogP contribution in [0.4, 0.5) is 0 Å². The van der Waals surface area contributed by atoms with E-state index >= 15 is 0 Å². The lowest BCUT2D eigenvalue weighted by molar-refractivity contribution is -0.121. The standard InChI is InChI=1S/C16H21N3O2/c20-16(8-7-15-5-2-1-3-6-15)17-10-13-21-14-12-19-11-4-9-18-19/h1-6,9,11H,7-8,10,12-14H2,(H,17,20). The molecule has 1 N–H and O–H groups in total. The molecule has 1 amide bonds. The Hall–Kier alpha value is -2.14. The summed E-state index contributed by atoms with van der Waals surface area (Å²) < 4.78 is 7.26. The van der Waals surface area contributed by atoms with Gasteiger partial charge >= 0.3 is 0 Å². The molecule has 0 aliphatic rings. The van der Waals surface area contributed by atoms with Crippen LogP contribution in [-0.2, 0) is 22.5 Å². The van der Waals surface area contributed by atoms with E-state index in [0.717, 1.165) is 13.0 Å². The van der Waals surface area contributed by atoms with Crippen molar-refractivity contribution < 1.29 is 9.53 Å². The molecular weight excluding hydrogens is 266 g/mol. The van der Waals surface area contributed by atoms with Crippen LogP contribution < -0.4 is 5.32 Å². The lowest BCUT2D eigenvalue weighted by Crippen LogP contribution is -2.27. The number of hydrogen-bond acceptors (Lipinski definition) is 3. The van der Waals surface area contributed by atoms with Crippen molar-refractivity contribution in [2.24, 2.45) is 0 Å². The SMILES string of the molecule is O=C(CCc1ccccc1)NCCOCCn1cccn1. The molecule has 2 rings (SSSR count). The lowest BCUT2D eigenvalue weighted by Gasteiger charge is -2.07. The summed E-state index contributed by atoms with van der Waals surface area (Å²) in [5.41, 5.74) is 1.18. The second kappa shape index (κ2) is 8.92. The van der Waals surface area contributed by atoms with E-state index in [2.05, 4.69) is 10.4 Å². The van der Waals surface area contributed by atoms with E-state index < -0.39 is 0 Å². The van der Waals surface area contributed by atoms with Crippen molar-refractivity contribution in [1.29, 1.82) is 0 Å². The Labute approximate surface area is 124 Å². The number of carbonyl (C=O) groups excluding carboxylic acids is 1. The number of rotatable bonds is 9. The van der Waals surface area contributed by atoms with Crippen molar-refractivity contribution in [2.75, 3.05) is 19.8 Å². The fraction of sp³-hybridized carbons (Fsp3) is 0.375. The normalized spacial score (nSPS) is 10.5. The molecule has 0 aliphatic heterocycles. The molecule has 0 atom stereocenters. The summed E-state index contributed by atoms with van der Waals surface area (Å²) in [6.07, 6.45) is 4.92. The Morgan fingerprint density at radius 2 is 2.05 bits per heavy atom. The molecule has 112 valence electrons. The largest absolute Gasteiger partial charge is 0.378 e. The van der Waals surface area contributed by atoms with E-state index in [-0.39, 0.29) is 5.91 Å². The fourth-order valence-corrected chi connectivity index (χ4v) is 1.95. The minimum atomic E-state index is 0.0644. The zero-order valence-electron chi connectivity index (χ0n) is 12.1. The first-order valence-electron chi connectivity index (χ1n) is 7.20. The van der Waals surface area contributed by atoms with Gasteiger partial charge in [0, 0.05) is 25.4 Å². The molecule has 0 unspecified atom stereocenters. The summed E-state index contributed by atoms with van der Waals surface area (Å²) in [7, 11) is 0. The molecule has 0 radical (unpaired) electrons. The monoisotopic (exact) mass is 287 g/mol. The number of aromatic nitrogens is 2. The van der Waals surface area contributed by atoms with Crippen LogP contribution in [0.1, 0.15) is 12.0 Å². The summed E-state index contributed by atoms with van der Waals surface area (Å²) in [6.45, 7) is 2.40. The van der Waals surface area contributed by atoms with E-state index in [0.29, 0.717) is 26.2 Å². The van der Waals surface area contributed by atoms with Gasteiger partial charge in [-0.15, -0.1) is 0 Å². The van der Waals surface area contributed by atoms with Gasteiger partial charge in [0.1, 0.15) is 0 Å². The number of hydrogen-bond donors (Lipinski definition) is 1. The van der Waals surface area contributed by atoms with Crippen LogP contribution in [-0.4, -0.2) is 35.4 Å². The first kappa shape index (κ1) is 15.3. The molecule has 0 spiro atoms. The van der Waals surface area contributed by atoms with Crippen molar-refractivity contribution in [1.82, 2.24) is 15.1 Å². The van der Waals surface area contributed by atoms with Crippen LogP contribution in [0, 0.1) is 0 Å². The maximum atomic E-state index is 11.7. The molecule has 21 heavy (non-hydrogen) atoms. The van der Waals surface area contributed by atoms with E-state index in [9.17, 15) is 4.79 Å². The Kier molecular flexibility index (Phi) is 6.48. The van der Waals surface area contributed by atoms with Crippen LogP contribution >= 0.6 is 0 Å². The summed E-state index contributed by atoms with van der Waals surface area (Å²) in [6, 6.07) is 11.9. The van der Waals surface area contributed by atoms with Gasteiger partial charge in [0.25, 0.3) is 0 Å². The van der Waals surface area contributed by atoms with Gasteiger partial charge in [-0.05, 0) is 18.1 Å². The highest BCUT2D eigenvalue weighted by atomic mass is 16.5. The predicted octanol–water partition coefficient (Wildman–Crippen LogP) is 1.65. The van der Waals surface area contributed by atoms with Gasteiger partial charge < -0.3 is 10.1 Å². The topological polar surface area (TPSA) is 56.1 Å². The minimum absolute atomic E-state index is 0.0644. The van der Waals surface area contributed by atoms with Gasteiger partial charge in [-0.2, -0.15) is 5.10 Å². The number of aryl methyl sites for hydroxylation is 1. The van der Waals surface area contributed by atoms with Crippen LogP contribution in [0.5, 0.6) is 0 Å². The molecular formula is C16H21N3O2. The van der Waals surface area contributed by atoms with Crippen molar-refractivity contribution in [3.63, 3.8) is 0 Å². The molecule has 0 saturated carbocycles. The van der Waals surface area contributed by atoms with Crippen LogP contribution in [0.15, 0.2) is 48.8 Å². The average molecular weight is 287 g/mol. The molecule has 5 heteroatoms. The summed E-state index contributed by atoms with van der Waals surface area (Å²) >= 11 is 0. The number of benzene rings is 1. The predicted molar refractivity (Wildman–Crippen MR) is 80.8 cm³/mol. The molecule has 1 aromatic heterocycles. The molecule has 1 heterocycles. The molecule has 5 nitrogen and oxygen atoms in total. The van der Waals surface area contributed by atoms with Crippen molar-refractivity contribution >= 4 is 5.91 Å². The van der Waals surface area contributed by atoms with Crippen molar-refractivity contribution in [2.45, 2.75) is 19.4 Å². The lowest BCUT2D eigenvalue weighted by atomic mass is 10.1. The Balaban J connectivity index is 1.47. The van der Waals surface area contributed by atoms with Gasteiger partial charge in [0.05, 0.1) is 19.8 Å². The summed E-state index contributed by atoms with van der Waals surface area (Å²) in [5.74, 6) is 0.0644. The highest BCUT2D eigenvalue weighted by Crippen LogP contribution is 2.01. The summed E-state index contributed by atoms with van der Waals surface area (Å²) in [5, 5.41) is 6.94. The molecule has 0 saturated heterocycles. The highest BCUT2D eigenvalue weighted by molar-refractivity contribution is 5.76. The Bertz CT molecular complexity index is 512. The second-order valence-corrected chi connectivity index (χ2v) is 4.72. The minimum Gasteiger partial charge on any atom is -0.378 e. The third-order valence-corrected chi connectivity index (χ3v) is 3.08. The molecule has 0 fully saturated rings. The molecule has 0 bridgehead atoms. The first-order valence-corrected chi connectivity index (χ1v) is 7.20. The van der Waals surface area contributed by atoms with Gasteiger partial charge in [-0.3, -0.25) is 9.48 Å².